The van der Waals surface area contributed by atoms with Gasteiger partial charge in [0.25, 0.3) is 5.91 Å². The van der Waals surface area contributed by atoms with Gasteiger partial charge < -0.3 is 24.8 Å². The second-order valence-corrected chi connectivity index (χ2v) is 6.13. The lowest BCUT2D eigenvalue weighted by Crippen LogP contribution is -2.32. The number of hydrogen-bond acceptors (Lipinski definition) is 7. The Morgan fingerprint density at radius 3 is 3.04 bits per heavy atom. The van der Waals surface area contributed by atoms with E-state index >= 15 is 0 Å². The van der Waals surface area contributed by atoms with Gasteiger partial charge >= 0.3 is 0 Å². The molecule has 0 fully saturated rings. The third-order valence-corrected chi connectivity index (χ3v) is 4.46. The topological polar surface area (TPSA) is 81.7 Å². The van der Waals surface area contributed by atoms with Gasteiger partial charge in [0.2, 0.25) is 6.79 Å². The average molecular weight is 349 g/mol. The van der Waals surface area contributed by atoms with Gasteiger partial charge in [0.1, 0.15) is 9.88 Å². The summed E-state index contributed by atoms with van der Waals surface area (Å²) in [6, 6.07) is 5.64. The maximum Gasteiger partial charge on any atom is 0.263 e. The first-order chi connectivity index (χ1) is 11.8. The molecule has 2 heterocycles. The minimum atomic E-state index is -0.118. The molecule has 24 heavy (non-hydrogen) atoms. The molecule has 8 heteroatoms. The molecule has 1 aliphatic heterocycles. The molecule has 1 aromatic carbocycles. The SMILES string of the molecule is COCCNCCNC(=O)c1cnc(-c2ccc3c(c2)OCO3)s1. The van der Waals surface area contributed by atoms with Gasteiger partial charge in [-0.25, -0.2) is 4.98 Å². The van der Waals surface area contributed by atoms with Crippen molar-refractivity contribution in [3.8, 4) is 22.1 Å². The van der Waals surface area contributed by atoms with E-state index in [1.807, 2.05) is 18.2 Å². The van der Waals surface area contributed by atoms with Crippen molar-refractivity contribution in [3.63, 3.8) is 0 Å². The van der Waals surface area contributed by atoms with Gasteiger partial charge in [-0.3, -0.25) is 4.79 Å². The van der Waals surface area contributed by atoms with Crippen LogP contribution in [0, 0.1) is 0 Å². The van der Waals surface area contributed by atoms with E-state index in [1.54, 1.807) is 13.3 Å². The standard InChI is InChI=1S/C16H19N3O4S/c1-21-7-6-17-4-5-18-15(20)14-9-19-16(24-14)11-2-3-12-13(8-11)23-10-22-12/h2-3,8-9,17H,4-7,10H2,1H3,(H,18,20). The predicted octanol–water partition coefficient (Wildman–Crippen LogP) is 1.50. The van der Waals surface area contributed by atoms with Crippen LogP contribution in [0.1, 0.15) is 9.67 Å². The normalized spacial score (nSPS) is 12.4. The van der Waals surface area contributed by atoms with Crippen LogP contribution in [-0.2, 0) is 4.74 Å². The van der Waals surface area contributed by atoms with E-state index in [9.17, 15) is 4.79 Å². The van der Waals surface area contributed by atoms with Crippen molar-refractivity contribution in [2.45, 2.75) is 0 Å². The smallest absolute Gasteiger partial charge is 0.263 e. The highest BCUT2D eigenvalue weighted by Crippen LogP contribution is 2.36. The van der Waals surface area contributed by atoms with Crippen molar-refractivity contribution in [1.82, 2.24) is 15.6 Å². The van der Waals surface area contributed by atoms with Gasteiger partial charge in [-0.2, -0.15) is 0 Å². The van der Waals surface area contributed by atoms with Crippen molar-refractivity contribution >= 4 is 17.2 Å². The molecule has 128 valence electrons. The Bertz CT molecular complexity index is 704. The first-order valence-electron chi connectivity index (χ1n) is 7.61. The number of hydrogen-bond donors (Lipinski definition) is 2. The van der Waals surface area contributed by atoms with Crippen LogP contribution in [0.5, 0.6) is 11.5 Å². The Morgan fingerprint density at radius 1 is 1.29 bits per heavy atom. The number of nitrogens with zero attached hydrogens (tertiary/aromatic N) is 1. The number of nitrogens with one attached hydrogen (secondary N) is 2. The number of rotatable bonds is 8. The number of aromatic nitrogens is 1. The van der Waals surface area contributed by atoms with E-state index in [1.165, 1.54) is 11.3 Å². The van der Waals surface area contributed by atoms with Crippen molar-refractivity contribution in [3.05, 3.63) is 29.3 Å². The fraction of sp³-hybridized carbons (Fsp3) is 0.375. The van der Waals surface area contributed by atoms with E-state index in [4.69, 9.17) is 14.2 Å². The molecule has 0 atom stereocenters. The van der Waals surface area contributed by atoms with Crippen LogP contribution in [0.15, 0.2) is 24.4 Å². The molecule has 7 nitrogen and oxygen atoms in total. The van der Waals surface area contributed by atoms with E-state index in [2.05, 4.69) is 15.6 Å². The van der Waals surface area contributed by atoms with Gasteiger partial charge in [0.15, 0.2) is 11.5 Å². The molecule has 2 N–H and O–H groups in total. The molecule has 2 aromatic rings. The Balaban J connectivity index is 1.54. The first kappa shape index (κ1) is 16.7. The van der Waals surface area contributed by atoms with Crippen LogP contribution in [0.3, 0.4) is 0 Å². The highest BCUT2D eigenvalue weighted by molar-refractivity contribution is 7.16. The van der Waals surface area contributed by atoms with Crippen molar-refractivity contribution in [1.29, 1.82) is 0 Å². The number of fused-ring (bicyclic) bond motifs is 1. The van der Waals surface area contributed by atoms with E-state index < -0.39 is 0 Å². The van der Waals surface area contributed by atoms with Crippen LogP contribution < -0.4 is 20.1 Å². The number of benzene rings is 1. The summed E-state index contributed by atoms with van der Waals surface area (Å²) in [4.78, 5) is 17.0. The van der Waals surface area contributed by atoms with E-state index in [0.717, 1.165) is 22.9 Å². The first-order valence-corrected chi connectivity index (χ1v) is 8.43. The van der Waals surface area contributed by atoms with Crippen LogP contribution in [0.4, 0.5) is 0 Å². The zero-order valence-electron chi connectivity index (χ0n) is 13.3. The Labute approximate surface area is 143 Å². The van der Waals surface area contributed by atoms with Crippen molar-refractivity contribution < 1.29 is 19.0 Å². The summed E-state index contributed by atoms with van der Waals surface area (Å²) >= 11 is 1.35. The van der Waals surface area contributed by atoms with Crippen LogP contribution in [0.25, 0.3) is 10.6 Å². The molecule has 0 aliphatic carbocycles. The Hall–Kier alpha value is -2.16. The highest BCUT2D eigenvalue weighted by atomic mass is 32.1. The number of carbonyl (C=O) groups excluding carboxylic acids is 1. The van der Waals surface area contributed by atoms with Gasteiger partial charge in [-0.15, -0.1) is 11.3 Å². The molecule has 0 bridgehead atoms. The fourth-order valence-electron chi connectivity index (χ4n) is 2.19. The number of carbonyl (C=O) groups is 1. The zero-order valence-corrected chi connectivity index (χ0v) is 14.1. The van der Waals surface area contributed by atoms with Crippen molar-refractivity contribution in [2.24, 2.45) is 0 Å². The Morgan fingerprint density at radius 2 is 2.17 bits per heavy atom. The Kier molecular flexibility index (Phi) is 5.63. The lowest BCUT2D eigenvalue weighted by Gasteiger charge is -2.05. The molecular weight excluding hydrogens is 330 g/mol. The van der Waals surface area contributed by atoms with Gasteiger partial charge in [0.05, 0.1) is 12.8 Å². The van der Waals surface area contributed by atoms with Crippen LogP contribution >= 0.6 is 11.3 Å². The molecule has 1 aliphatic rings. The zero-order chi connectivity index (χ0) is 16.8. The second kappa shape index (κ2) is 8.09. The summed E-state index contributed by atoms with van der Waals surface area (Å²) in [5.41, 5.74) is 0.907. The second-order valence-electron chi connectivity index (χ2n) is 5.10. The molecule has 0 saturated carbocycles. The maximum absolute atomic E-state index is 12.1. The maximum atomic E-state index is 12.1. The molecule has 3 rings (SSSR count). The molecule has 0 saturated heterocycles. The largest absolute Gasteiger partial charge is 0.454 e. The van der Waals surface area contributed by atoms with Gasteiger partial charge in [-0.05, 0) is 18.2 Å². The lowest BCUT2D eigenvalue weighted by molar-refractivity contribution is 0.0957. The van der Waals surface area contributed by atoms with Crippen LogP contribution in [-0.4, -0.2) is 51.0 Å². The summed E-state index contributed by atoms with van der Waals surface area (Å²) < 4.78 is 15.6. The predicted molar refractivity (Wildman–Crippen MR) is 90.8 cm³/mol. The summed E-state index contributed by atoms with van der Waals surface area (Å²) in [5.74, 6) is 1.32. The monoisotopic (exact) mass is 349 g/mol. The molecule has 0 spiro atoms. The fourth-order valence-corrected chi connectivity index (χ4v) is 3.02. The van der Waals surface area contributed by atoms with E-state index in [-0.39, 0.29) is 12.7 Å². The minimum absolute atomic E-state index is 0.118. The number of amides is 1. The molecular formula is C16H19N3O4S. The lowest BCUT2D eigenvalue weighted by atomic mass is 10.2. The van der Waals surface area contributed by atoms with E-state index in [0.29, 0.717) is 30.3 Å². The molecule has 1 amide bonds. The summed E-state index contributed by atoms with van der Waals surface area (Å²) in [6.45, 7) is 2.91. The molecule has 0 radical (unpaired) electrons. The highest BCUT2D eigenvalue weighted by Gasteiger charge is 2.16. The third-order valence-electron chi connectivity index (χ3n) is 3.42. The minimum Gasteiger partial charge on any atom is -0.454 e. The molecule has 0 unspecified atom stereocenters. The average Bonchev–Trinajstić information content (AvgIpc) is 3.26. The molecule has 1 aromatic heterocycles. The third kappa shape index (κ3) is 4.02. The number of ether oxygens (including phenoxy) is 3. The van der Waals surface area contributed by atoms with Gasteiger partial charge in [-0.1, -0.05) is 0 Å². The number of methoxy groups -OCH3 is 1. The number of thiazole rings is 1. The van der Waals surface area contributed by atoms with Crippen LogP contribution in [0.2, 0.25) is 0 Å². The quantitative estimate of drug-likeness (QED) is 0.703. The summed E-state index contributed by atoms with van der Waals surface area (Å²) in [5, 5.41) is 6.81. The van der Waals surface area contributed by atoms with Crippen molar-refractivity contribution in [2.75, 3.05) is 40.1 Å². The van der Waals surface area contributed by atoms with Gasteiger partial charge in [0, 0.05) is 32.3 Å². The summed E-state index contributed by atoms with van der Waals surface area (Å²) in [6.07, 6.45) is 1.60. The summed E-state index contributed by atoms with van der Waals surface area (Å²) in [7, 11) is 1.66.